The highest BCUT2D eigenvalue weighted by molar-refractivity contribution is 14.1. The van der Waals surface area contributed by atoms with Gasteiger partial charge in [-0.15, -0.1) is 0 Å². The summed E-state index contributed by atoms with van der Waals surface area (Å²) >= 11 is 4.87. The molecule has 80 valence electrons. The number of fused-ring (bicyclic) bond motifs is 2. The van der Waals surface area contributed by atoms with Crippen molar-refractivity contribution in [3.05, 3.63) is 35.4 Å². The summed E-state index contributed by atoms with van der Waals surface area (Å²) in [6, 6.07) is 9.04. The summed E-state index contributed by atoms with van der Waals surface area (Å²) in [6.45, 7) is 0. The largest absolute Gasteiger partial charge is 0.153 e. The van der Waals surface area contributed by atoms with Crippen LogP contribution in [-0.2, 0) is 5.75 Å². The minimum absolute atomic E-state index is 0.751. The summed E-state index contributed by atoms with van der Waals surface area (Å²) in [5, 5.41) is 0.930. The fourth-order valence-electron chi connectivity index (χ4n) is 2.86. The zero-order valence-electron chi connectivity index (χ0n) is 8.66. The summed E-state index contributed by atoms with van der Waals surface area (Å²) < 4.78 is 0.751. The van der Waals surface area contributed by atoms with Crippen molar-refractivity contribution in [2.75, 3.05) is 0 Å². The lowest BCUT2D eigenvalue weighted by Gasteiger charge is -2.21. The molecule has 2 aliphatic rings. The minimum atomic E-state index is 0.751. The van der Waals surface area contributed by atoms with Crippen LogP contribution in [0.4, 0.5) is 0 Å². The fourth-order valence-corrected chi connectivity index (χ4v) is 6.14. The van der Waals surface area contributed by atoms with E-state index in [0.29, 0.717) is 0 Å². The first kappa shape index (κ1) is 10.5. The van der Waals surface area contributed by atoms with Crippen LogP contribution in [0.5, 0.6) is 0 Å². The van der Waals surface area contributed by atoms with Gasteiger partial charge in [0.25, 0.3) is 0 Å². The van der Waals surface area contributed by atoms with Crippen molar-refractivity contribution in [2.24, 2.45) is 5.92 Å². The maximum absolute atomic E-state index is 2.68. The van der Waals surface area contributed by atoms with Crippen molar-refractivity contribution in [2.45, 2.75) is 34.2 Å². The molecule has 1 aliphatic carbocycles. The van der Waals surface area contributed by atoms with Gasteiger partial charge < -0.3 is 0 Å². The van der Waals surface area contributed by atoms with Crippen LogP contribution in [0.1, 0.15) is 34.3 Å². The molecule has 3 unspecified atom stereocenters. The van der Waals surface area contributed by atoms with Gasteiger partial charge in [-0.2, -0.15) is 11.8 Å². The van der Waals surface area contributed by atoms with Gasteiger partial charge in [0.05, 0.1) is 0 Å². The van der Waals surface area contributed by atoms with E-state index in [2.05, 4.69) is 58.6 Å². The number of halogens is 1. The van der Waals surface area contributed by atoms with Crippen LogP contribution in [0.3, 0.4) is 0 Å². The van der Waals surface area contributed by atoms with Gasteiger partial charge in [-0.1, -0.05) is 53.3 Å². The highest BCUT2D eigenvalue weighted by Crippen LogP contribution is 2.50. The molecular weight excluding hydrogens is 315 g/mol. The van der Waals surface area contributed by atoms with Gasteiger partial charge in [-0.25, -0.2) is 0 Å². The molecule has 0 spiro atoms. The molecule has 3 rings (SSSR count). The topological polar surface area (TPSA) is 0 Å². The van der Waals surface area contributed by atoms with Crippen LogP contribution in [0.2, 0.25) is 0 Å². The van der Waals surface area contributed by atoms with E-state index in [0.717, 1.165) is 15.1 Å². The Balaban J connectivity index is 2.00. The van der Waals surface area contributed by atoms with Crippen molar-refractivity contribution >= 4 is 34.4 Å². The maximum Gasteiger partial charge on any atom is 0.0401 e. The third kappa shape index (κ3) is 1.84. The highest BCUT2D eigenvalue weighted by Gasteiger charge is 2.36. The Morgan fingerprint density at radius 1 is 1.20 bits per heavy atom. The lowest BCUT2D eigenvalue weighted by molar-refractivity contribution is 0.563. The third-order valence-corrected chi connectivity index (χ3v) is 6.77. The van der Waals surface area contributed by atoms with Crippen molar-refractivity contribution in [3.63, 3.8) is 0 Å². The highest BCUT2D eigenvalue weighted by atomic mass is 127. The van der Waals surface area contributed by atoms with Gasteiger partial charge in [0, 0.05) is 14.9 Å². The molecule has 0 bridgehead atoms. The minimum Gasteiger partial charge on any atom is -0.153 e. The molecule has 1 aliphatic heterocycles. The quantitative estimate of drug-likeness (QED) is 0.496. The Labute approximate surface area is 109 Å². The van der Waals surface area contributed by atoms with Gasteiger partial charge in [0.2, 0.25) is 0 Å². The molecule has 1 aromatic rings. The Hall–Kier alpha value is 0.300. The van der Waals surface area contributed by atoms with E-state index in [4.69, 9.17) is 0 Å². The predicted molar refractivity (Wildman–Crippen MR) is 75.6 cm³/mol. The van der Waals surface area contributed by atoms with Gasteiger partial charge in [0.15, 0.2) is 0 Å². The Morgan fingerprint density at radius 3 is 3.00 bits per heavy atom. The Bertz CT molecular complexity index is 363. The van der Waals surface area contributed by atoms with E-state index in [1.54, 1.807) is 11.1 Å². The zero-order chi connectivity index (χ0) is 10.3. The average molecular weight is 330 g/mol. The fraction of sp³-hybridized carbons (Fsp3) is 0.538. The van der Waals surface area contributed by atoms with Crippen LogP contribution >= 0.6 is 34.4 Å². The molecule has 0 radical (unpaired) electrons. The molecule has 1 fully saturated rings. The van der Waals surface area contributed by atoms with Gasteiger partial charge >= 0.3 is 0 Å². The average Bonchev–Trinajstić information content (AvgIpc) is 2.69. The molecule has 2 heteroatoms. The molecular formula is C13H15IS. The van der Waals surface area contributed by atoms with Crippen molar-refractivity contribution in [1.82, 2.24) is 0 Å². The molecule has 0 N–H and O–H groups in total. The number of hydrogen-bond donors (Lipinski definition) is 0. The predicted octanol–water partition coefficient (Wildman–Crippen LogP) is 4.58. The van der Waals surface area contributed by atoms with Gasteiger partial charge in [0.1, 0.15) is 0 Å². The maximum atomic E-state index is 2.68. The first-order chi connectivity index (χ1) is 7.36. The molecule has 0 amide bonds. The van der Waals surface area contributed by atoms with E-state index in [-0.39, 0.29) is 0 Å². The normalized spacial score (nSPS) is 34.3. The Kier molecular flexibility index (Phi) is 2.99. The summed E-state index contributed by atoms with van der Waals surface area (Å²) in [5.74, 6) is 2.16. The second-order valence-corrected chi connectivity index (χ2v) is 7.11. The first-order valence-electron chi connectivity index (χ1n) is 5.70. The number of benzene rings is 1. The van der Waals surface area contributed by atoms with Crippen molar-refractivity contribution in [3.8, 4) is 0 Å². The lowest BCUT2D eigenvalue weighted by atomic mass is 9.95. The molecule has 1 heterocycles. The molecule has 15 heavy (non-hydrogen) atoms. The summed E-state index contributed by atoms with van der Waals surface area (Å²) in [5.41, 5.74) is 3.19. The van der Waals surface area contributed by atoms with E-state index in [1.807, 2.05) is 0 Å². The van der Waals surface area contributed by atoms with E-state index >= 15 is 0 Å². The summed E-state index contributed by atoms with van der Waals surface area (Å²) in [4.78, 5) is 0. The van der Waals surface area contributed by atoms with Crippen LogP contribution in [0.15, 0.2) is 24.3 Å². The molecule has 1 aromatic carbocycles. The van der Waals surface area contributed by atoms with Crippen LogP contribution in [0, 0.1) is 5.92 Å². The Morgan fingerprint density at radius 2 is 2.07 bits per heavy atom. The van der Waals surface area contributed by atoms with Crippen LogP contribution in [-0.4, -0.2) is 5.25 Å². The first-order valence-corrected chi connectivity index (χ1v) is 7.99. The second-order valence-electron chi connectivity index (χ2n) is 4.54. The van der Waals surface area contributed by atoms with Crippen LogP contribution in [0.25, 0.3) is 0 Å². The molecule has 0 nitrogen and oxygen atoms in total. The number of thioether (sulfide) groups is 1. The van der Waals surface area contributed by atoms with Gasteiger partial charge in [-0.3, -0.25) is 0 Å². The zero-order valence-corrected chi connectivity index (χ0v) is 11.6. The number of rotatable bonds is 0. The summed E-state index contributed by atoms with van der Waals surface area (Å²) in [6.07, 6.45) is 4.34. The second kappa shape index (κ2) is 4.28. The number of alkyl halides is 1. The third-order valence-electron chi connectivity index (χ3n) is 3.68. The SMILES string of the molecule is IC1c2ccccc2CSC2CCCC21. The van der Waals surface area contributed by atoms with Crippen molar-refractivity contribution in [1.29, 1.82) is 0 Å². The summed E-state index contributed by atoms with van der Waals surface area (Å²) in [7, 11) is 0. The van der Waals surface area contributed by atoms with Crippen molar-refractivity contribution < 1.29 is 0 Å². The van der Waals surface area contributed by atoms with E-state index < -0.39 is 0 Å². The van der Waals surface area contributed by atoms with E-state index in [9.17, 15) is 0 Å². The molecule has 0 aromatic heterocycles. The number of hydrogen-bond acceptors (Lipinski definition) is 1. The lowest BCUT2D eigenvalue weighted by Crippen LogP contribution is -2.13. The molecule has 1 saturated carbocycles. The molecule has 0 saturated heterocycles. The van der Waals surface area contributed by atoms with Crippen LogP contribution < -0.4 is 0 Å². The van der Waals surface area contributed by atoms with E-state index in [1.165, 1.54) is 25.0 Å². The smallest absolute Gasteiger partial charge is 0.0401 e. The standard InChI is InChI=1S/C13H15IS/c14-13-10-5-2-1-4-9(10)8-15-12-7-3-6-11(12)13/h1-2,4-5,11-13H,3,6-8H2. The van der Waals surface area contributed by atoms with Gasteiger partial charge in [-0.05, 0) is 29.9 Å². The molecule has 3 atom stereocenters. The monoisotopic (exact) mass is 330 g/mol.